The summed E-state index contributed by atoms with van der Waals surface area (Å²) in [5, 5.41) is 0. The van der Waals surface area contributed by atoms with Crippen LogP contribution in [0.5, 0.6) is 0 Å². The number of benzene rings is 1. The monoisotopic (exact) mass is 327 g/mol. The fourth-order valence-electron chi connectivity index (χ4n) is 2.28. The van der Waals surface area contributed by atoms with E-state index in [4.69, 9.17) is 9.47 Å². The molecule has 0 aliphatic carbocycles. The maximum atomic E-state index is 11.8. The molecular weight excluding hydrogens is 310 g/mol. The molecule has 0 amide bonds. The maximum Gasteiger partial charge on any atom is 0.338 e. The predicted octanol–water partition coefficient (Wildman–Crippen LogP) is 3.12. The number of nitrogens with zero attached hydrogens (tertiary/aromatic N) is 1. The molecule has 0 spiro atoms. The van der Waals surface area contributed by atoms with Crippen molar-refractivity contribution in [3.8, 4) is 0 Å². The van der Waals surface area contributed by atoms with E-state index in [0.29, 0.717) is 5.56 Å². The van der Waals surface area contributed by atoms with Gasteiger partial charge in [0.05, 0.1) is 19.3 Å². The van der Waals surface area contributed by atoms with Crippen LogP contribution in [-0.2, 0) is 9.47 Å². The van der Waals surface area contributed by atoms with E-state index in [9.17, 15) is 4.79 Å². The van der Waals surface area contributed by atoms with Crippen molar-refractivity contribution in [3.05, 3.63) is 27.7 Å². The SMILES string of the molecule is CCN(c1cc(Br)cc(C(=O)OC)c1C)C1CCO1. The van der Waals surface area contributed by atoms with E-state index in [2.05, 4.69) is 27.8 Å². The zero-order chi connectivity index (χ0) is 14.0. The zero-order valence-corrected chi connectivity index (χ0v) is 13.0. The summed E-state index contributed by atoms with van der Waals surface area (Å²) in [7, 11) is 1.40. The molecule has 0 saturated carbocycles. The molecule has 2 rings (SSSR count). The molecule has 4 nitrogen and oxygen atoms in total. The van der Waals surface area contributed by atoms with Crippen molar-refractivity contribution in [3.63, 3.8) is 0 Å². The zero-order valence-electron chi connectivity index (χ0n) is 11.4. The largest absolute Gasteiger partial charge is 0.465 e. The Morgan fingerprint density at radius 3 is 2.74 bits per heavy atom. The van der Waals surface area contributed by atoms with E-state index in [1.54, 1.807) is 6.07 Å². The molecule has 0 N–H and O–H groups in total. The Labute approximate surface area is 121 Å². The number of carbonyl (C=O) groups is 1. The minimum absolute atomic E-state index is 0.114. The highest BCUT2D eigenvalue weighted by molar-refractivity contribution is 9.10. The van der Waals surface area contributed by atoms with Crippen LogP contribution in [0.2, 0.25) is 0 Å². The number of ether oxygens (including phenoxy) is 2. The van der Waals surface area contributed by atoms with Gasteiger partial charge in [0.2, 0.25) is 0 Å². The normalized spacial score (nSPS) is 17.8. The van der Waals surface area contributed by atoms with E-state index < -0.39 is 0 Å². The van der Waals surface area contributed by atoms with Crippen molar-refractivity contribution in [2.75, 3.05) is 25.2 Å². The first kappa shape index (κ1) is 14.3. The topological polar surface area (TPSA) is 38.8 Å². The quantitative estimate of drug-likeness (QED) is 0.796. The van der Waals surface area contributed by atoms with Gasteiger partial charge >= 0.3 is 5.97 Å². The van der Waals surface area contributed by atoms with Crippen LogP contribution < -0.4 is 4.90 Å². The average Bonchev–Trinajstić information content (AvgIpc) is 2.35. The lowest BCUT2D eigenvalue weighted by atomic mass is 10.0. The molecule has 0 radical (unpaired) electrons. The van der Waals surface area contributed by atoms with Gasteiger partial charge < -0.3 is 14.4 Å². The Morgan fingerprint density at radius 2 is 2.26 bits per heavy atom. The molecule has 0 aromatic heterocycles. The molecule has 1 aromatic carbocycles. The molecule has 1 heterocycles. The fraction of sp³-hybridized carbons (Fsp3) is 0.500. The van der Waals surface area contributed by atoms with Crippen LogP contribution in [0.25, 0.3) is 0 Å². The molecule has 1 aromatic rings. The van der Waals surface area contributed by atoms with Gasteiger partial charge in [-0.25, -0.2) is 4.79 Å². The first-order valence-corrected chi connectivity index (χ1v) is 7.14. The van der Waals surface area contributed by atoms with Crippen LogP contribution >= 0.6 is 15.9 Å². The molecular formula is C14H18BrNO3. The molecule has 1 unspecified atom stereocenters. The summed E-state index contributed by atoms with van der Waals surface area (Å²) < 4.78 is 11.3. The molecule has 5 heteroatoms. The molecule has 19 heavy (non-hydrogen) atoms. The molecule has 1 saturated heterocycles. The Bertz CT molecular complexity index is 486. The summed E-state index contributed by atoms with van der Waals surface area (Å²) in [6, 6.07) is 3.81. The number of hydrogen-bond donors (Lipinski definition) is 0. The molecule has 104 valence electrons. The van der Waals surface area contributed by atoms with E-state index in [-0.39, 0.29) is 12.2 Å². The highest BCUT2D eigenvalue weighted by Crippen LogP contribution is 2.32. The molecule has 1 aliphatic heterocycles. The van der Waals surface area contributed by atoms with Gasteiger partial charge in [-0.3, -0.25) is 0 Å². The van der Waals surface area contributed by atoms with Gasteiger partial charge in [-0.2, -0.15) is 0 Å². The number of rotatable bonds is 4. The summed E-state index contributed by atoms with van der Waals surface area (Å²) in [6.07, 6.45) is 1.14. The first-order valence-electron chi connectivity index (χ1n) is 6.35. The van der Waals surface area contributed by atoms with Gasteiger partial charge in [0.15, 0.2) is 0 Å². The van der Waals surface area contributed by atoms with Crippen molar-refractivity contribution in [2.24, 2.45) is 0 Å². The van der Waals surface area contributed by atoms with E-state index in [1.165, 1.54) is 7.11 Å². The average molecular weight is 328 g/mol. The number of methoxy groups -OCH3 is 1. The van der Waals surface area contributed by atoms with Crippen LogP contribution in [0.1, 0.15) is 29.3 Å². The summed E-state index contributed by atoms with van der Waals surface area (Å²) in [5.41, 5.74) is 2.53. The number of anilines is 1. The predicted molar refractivity (Wildman–Crippen MR) is 77.6 cm³/mol. The van der Waals surface area contributed by atoms with Crippen molar-refractivity contribution in [1.82, 2.24) is 0 Å². The molecule has 1 atom stereocenters. The molecule has 0 bridgehead atoms. The Morgan fingerprint density at radius 1 is 1.58 bits per heavy atom. The highest BCUT2D eigenvalue weighted by atomic mass is 79.9. The van der Waals surface area contributed by atoms with Crippen LogP contribution in [0, 0.1) is 6.92 Å². The lowest BCUT2D eigenvalue weighted by Crippen LogP contribution is -2.45. The Balaban J connectivity index is 2.43. The minimum atomic E-state index is -0.314. The van der Waals surface area contributed by atoms with E-state index in [1.807, 2.05) is 13.0 Å². The van der Waals surface area contributed by atoms with E-state index >= 15 is 0 Å². The third-order valence-electron chi connectivity index (χ3n) is 3.42. The number of halogens is 1. The van der Waals surface area contributed by atoms with Gasteiger partial charge in [0, 0.05) is 23.1 Å². The number of carbonyl (C=O) groups excluding carboxylic acids is 1. The highest BCUT2D eigenvalue weighted by Gasteiger charge is 2.27. The van der Waals surface area contributed by atoms with Crippen LogP contribution in [0.4, 0.5) is 5.69 Å². The van der Waals surface area contributed by atoms with Gasteiger partial charge in [-0.1, -0.05) is 15.9 Å². The maximum absolute atomic E-state index is 11.8. The number of esters is 1. The van der Waals surface area contributed by atoms with Crippen molar-refractivity contribution >= 4 is 27.6 Å². The Hall–Kier alpha value is -1.07. The third kappa shape index (κ3) is 2.77. The Kier molecular flexibility index (Phi) is 4.47. The number of hydrogen-bond acceptors (Lipinski definition) is 4. The fourth-order valence-corrected chi connectivity index (χ4v) is 2.73. The second-order valence-corrected chi connectivity index (χ2v) is 5.40. The molecule has 1 fully saturated rings. The van der Waals surface area contributed by atoms with E-state index in [0.717, 1.165) is 35.3 Å². The summed E-state index contributed by atoms with van der Waals surface area (Å²) in [6.45, 7) is 5.66. The third-order valence-corrected chi connectivity index (χ3v) is 3.88. The summed E-state index contributed by atoms with van der Waals surface area (Å²) in [4.78, 5) is 14.0. The lowest BCUT2D eigenvalue weighted by molar-refractivity contribution is -0.0507. The van der Waals surface area contributed by atoms with Crippen molar-refractivity contribution < 1.29 is 14.3 Å². The molecule has 1 aliphatic rings. The standard InChI is InChI=1S/C14H18BrNO3/c1-4-16(13-5-6-19-13)12-8-10(15)7-11(9(12)2)14(17)18-3/h7-8,13H,4-6H2,1-3H3. The van der Waals surface area contributed by atoms with Gasteiger partial charge in [-0.05, 0) is 31.5 Å². The van der Waals surface area contributed by atoms with Crippen LogP contribution in [0.15, 0.2) is 16.6 Å². The minimum Gasteiger partial charge on any atom is -0.465 e. The van der Waals surface area contributed by atoms with Gasteiger partial charge in [0.25, 0.3) is 0 Å². The van der Waals surface area contributed by atoms with Crippen LogP contribution in [0.3, 0.4) is 0 Å². The second kappa shape index (κ2) is 5.92. The van der Waals surface area contributed by atoms with Crippen molar-refractivity contribution in [1.29, 1.82) is 0 Å². The summed E-state index contributed by atoms with van der Waals surface area (Å²) in [5.74, 6) is -0.314. The van der Waals surface area contributed by atoms with Crippen LogP contribution in [-0.4, -0.2) is 32.5 Å². The second-order valence-electron chi connectivity index (χ2n) is 4.49. The smallest absolute Gasteiger partial charge is 0.338 e. The summed E-state index contributed by atoms with van der Waals surface area (Å²) >= 11 is 3.46. The van der Waals surface area contributed by atoms with Crippen molar-refractivity contribution in [2.45, 2.75) is 26.5 Å². The first-order chi connectivity index (χ1) is 9.08. The lowest BCUT2D eigenvalue weighted by Gasteiger charge is -2.39. The van der Waals surface area contributed by atoms with Gasteiger partial charge in [0.1, 0.15) is 6.23 Å². The van der Waals surface area contributed by atoms with Gasteiger partial charge in [-0.15, -0.1) is 0 Å².